The van der Waals surface area contributed by atoms with Gasteiger partial charge in [-0.15, -0.1) is 11.3 Å². The first kappa shape index (κ1) is 11.7. The molecule has 2 heterocycles. The Morgan fingerprint density at radius 3 is 3.00 bits per heavy atom. The predicted octanol–water partition coefficient (Wildman–Crippen LogP) is 2.50. The summed E-state index contributed by atoms with van der Waals surface area (Å²) in [7, 11) is 0. The molecule has 3 aromatic rings. The number of benzene rings is 1. The lowest BCUT2D eigenvalue weighted by atomic mass is 10.0. The van der Waals surface area contributed by atoms with E-state index in [2.05, 4.69) is 43.8 Å². The molecule has 2 aromatic heterocycles. The Bertz CT molecular complexity index is 632. The Morgan fingerprint density at radius 2 is 2.22 bits per heavy atom. The average molecular weight is 276 g/mol. The number of nitrogens with zero attached hydrogens (tertiary/aromatic N) is 2. The van der Waals surface area contributed by atoms with E-state index in [-0.39, 0.29) is 6.04 Å². The highest BCUT2D eigenvalue weighted by molar-refractivity contribution is 7.17. The lowest BCUT2D eigenvalue weighted by Crippen LogP contribution is -2.29. The summed E-state index contributed by atoms with van der Waals surface area (Å²) in [5, 5.41) is 3.49. The number of aromatic nitrogens is 2. The third kappa shape index (κ3) is 2.15. The molecule has 1 aromatic carbocycles. The molecule has 0 aliphatic heterocycles. The monoisotopic (exact) mass is 276 g/mol. The van der Waals surface area contributed by atoms with Crippen LogP contribution in [0, 0.1) is 0 Å². The maximum absolute atomic E-state index is 5.61. The summed E-state index contributed by atoms with van der Waals surface area (Å²) in [5.74, 6) is 5.61. The summed E-state index contributed by atoms with van der Waals surface area (Å²) in [5.41, 5.74) is 5.01. The molecule has 92 valence electrons. The molecule has 18 heavy (non-hydrogen) atoms. The molecule has 4 nitrogen and oxygen atoms in total. The fraction of sp³-hybridized carbons (Fsp3) is 0.167. The van der Waals surface area contributed by atoms with E-state index in [4.69, 9.17) is 5.84 Å². The summed E-state index contributed by atoms with van der Waals surface area (Å²) in [6.07, 6.45) is 2.59. The van der Waals surface area contributed by atoms with Crippen LogP contribution in [0.4, 0.5) is 0 Å². The molecular formula is C12H12N4S2. The van der Waals surface area contributed by atoms with Crippen molar-refractivity contribution in [2.75, 3.05) is 0 Å². The van der Waals surface area contributed by atoms with Crippen molar-refractivity contribution in [2.24, 2.45) is 5.84 Å². The van der Waals surface area contributed by atoms with Crippen molar-refractivity contribution in [3.63, 3.8) is 0 Å². The van der Waals surface area contributed by atoms with Crippen LogP contribution in [0.2, 0.25) is 0 Å². The van der Waals surface area contributed by atoms with Crippen LogP contribution in [-0.4, -0.2) is 8.75 Å². The predicted molar refractivity (Wildman–Crippen MR) is 75.5 cm³/mol. The van der Waals surface area contributed by atoms with E-state index in [0.29, 0.717) is 0 Å². The fourth-order valence-electron chi connectivity index (χ4n) is 1.99. The zero-order chi connectivity index (χ0) is 12.4. The van der Waals surface area contributed by atoms with Crippen LogP contribution in [0.25, 0.3) is 10.1 Å². The zero-order valence-electron chi connectivity index (χ0n) is 9.54. The Morgan fingerprint density at radius 1 is 1.33 bits per heavy atom. The van der Waals surface area contributed by atoms with Gasteiger partial charge in [-0.2, -0.15) is 8.75 Å². The molecule has 1 atom stereocenters. The van der Waals surface area contributed by atoms with E-state index in [1.165, 1.54) is 27.4 Å². The Balaban J connectivity index is 1.91. The molecule has 0 amide bonds. The normalized spacial score (nSPS) is 12.9. The van der Waals surface area contributed by atoms with Crippen LogP contribution in [0.5, 0.6) is 0 Å². The number of nitrogens with two attached hydrogens (primary N) is 1. The standard InChI is InChI=1S/C12H12N4S2/c13-15-10(11-6-14-18-16-11)5-8-7-17-12-4-2-1-3-9(8)12/h1-4,6-7,10,15H,5,13H2. The van der Waals surface area contributed by atoms with Crippen molar-refractivity contribution in [3.05, 3.63) is 47.1 Å². The molecule has 3 N–H and O–H groups in total. The molecule has 0 saturated carbocycles. The van der Waals surface area contributed by atoms with Gasteiger partial charge in [-0.1, -0.05) is 18.2 Å². The number of fused-ring (bicyclic) bond motifs is 1. The van der Waals surface area contributed by atoms with E-state index < -0.39 is 0 Å². The number of hydrogen-bond donors (Lipinski definition) is 2. The van der Waals surface area contributed by atoms with Crippen LogP contribution >= 0.6 is 23.1 Å². The molecule has 0 saturated heterocycles. The summed E-state index contributed by atoms with van der Waals surface area (Å²) < 4.78 is 9.56. The third-order valence-electron chi connectivity index (χ3n) is 2.92. The highest BCUT2D eigenvalue weighted by atomic mass is 32.1. The van der Waals surface area contributed by atoms with Crippen LogP contribution in [-0.2, 0) is 6.42 Å². The van der Waals surface area contributed by atoms with E-state index in [0.717, 1.165) is 12.1 Å². The topological polar surface area (TPSA) is 63.8 Å². The number of hydrogen-bond acceptors (Lipinski definition) is 6. The van der Waals surface area contributed by atoms with Crippen molar-refractivity contribution >= 4 is 33.2 Å². The van der Waals surface area contributed by atoms with Gasteiger partial charge in [-0.3, -0.25) is 11.3 Å². The molecular weight excluding hydrogens is 264 g/mol. The fourth-order valence-corrected chi connectivity index (χ4v) is 3.43. The first-order chi connectivity index (χ1) is 8.88. The molecule has 0 fully saturated rings. The largest absolute Gasteiger partial charge is 0.271 e. The lowest BCUT2D eigenvalue weighted by Gasteiger charge is -2.12. The van der Waals surface area contributed by atoms with Crippen LogP contribution in [0.1, 0.15) is 17.3 Å². The molecule has 0 aliphatic rings. The third-order valence-corrected chi connectivity index (χ3v) is 4.43. The van der Waals surface area contributed by atoms with Gasteiger partial charge in [0.1, 0.15) is 0 Å². The van der Waals surface area contributed by atoms with Crippen molar-refractivity contribution in [2.45, 2.75) is 12.5 Å². The van der Waals surface area contributed by atoms with Gasteiger partial charge in [-0.25, -0.2) is 0 Å². The second kappa shape index (κ2) is 5.11. The Hall–Kier alpha value is -1.34. The van der Waals surface area contributed by atoms with Gasteiger partial charge >= 0.3 is 0 Å². The van der Waals surface area contributed by atoms with Crippen molar-refractivity contribution in [1.29, 1.82) is 0 Å². The molecule has 3 rings (SSSR count). The number of hydrazine groups is 1. The maximum atomic E-state index is 5.61. The van der Waals surface area contributed by atoms with Crippen molar-refractivity contribution < 1.29 is 0 Å². The minimum absolute atomic E-state index is 0.0155. The summed E-state index contributed by atoms with van der Waals surface area (Å²) in [4.78, 5) is 0. The first-order valence-electron chi connectivity index (χ1n) is 5.57. The van der Waals surface area contributed by atoms with Gasteiger partial charge in [-0.05, 0) is 28.8 Å². The van der Waals surface area contributed by atoms with Gasteiger partial charge in [0.2, 0.25) is 0 Å². The second-order valence-corrected chi connectivity index (χ2v) is 5.48. The summed E-state index contributed by atoms with van der Waals surface area (Å²) in [6, 6.07) is 8.42. The molecule has 1 unspecified atom stereocenters. The van der Waals surface area contributed by atoms with E-state index in [1.807, 2.05) is 0 Å². The number of thiophene rings is 1. The van der Waals surface area contributed by atoms with Crippen LogP contribution in [0.3, 0.4) is 0 Å². The molecule has 0 radical (unpaired) electrons. The van der Waals surface area contributed by atoms with Crippen molar-refractivity contribution in [3.8, 4) is 0 Å². The smallest absolute Gasteiger partial charge is 0.0929 e. The van der Waals surface area contributed by atoms with Crippen LogP contribution < -0.4 is 11.3 Å². The minimum atomic E-state index is 0.0155. The number of nitrogens with one attached hydrogen (secondary N) is 1. The number of rotatable bonds is 4. The summed E-state index contributed by atoms with van der Waals surface area (Å²) >= 11 is 2.97. The molecule has 0 aliphatic carbocycles. The first-order valence-corrected chi connectivity index (χ1v) is 7.18. The molecule has 0 spiro atoms. The van der Waals surface area contributed by atoms with Gasteiger partial charge in [0.15, 0.2) is 0 Å². The van der Waals surface area contributed by atoms with Gasteiger partial charge in [0.25, 0.3) is 0 Å². The van der Waals surface area contributed by atoms with E-state index in [9.17, 15) is 0 Å². The van der Waals surface area contributed by atoms with Crippen molar-refractivity contribution in [1.82, 2.24) is 14.2 Å². The summed E-state index contributed by atoms with van der Waals surface area (Å²) in [6.45, 7) is 0. The molecule has 0 bridgehead atoms. The molecule has 6 heteroatoms. The maximum Gasteiger partial charge on any atom is 0.0929 e. The second-order valence-electron chi connectivity index (χ2n) is 4.01. The lowest BCUT2D eigenvalue weighted by molar-refractivity contribution is 0.544. The minimum Gasteiger partial charge on any atom is -0.271 e. The SMILES string of the molecule is NNC(Cc1csc2ccccc12)c1cnsn1. The van der Waals surface area contributed by atoms with E-state index in [1.54, 1.807) is 17.5 Å². The van der Waals surface area contributed by atoms with Gasteiger partial charge in [0, 0.05) is 4.70 Å². The van der Waals surface area contributed by atoms with Crippen LogP contribution in [0.15, 0.2) is 35.8 Å². The highest BCUT2D eigenvalue weighted by Gasteiger charge is 2.15. The zero-order valence-corrected chi connectivity index (χ0v) is 11.2. The average Bonchev–Trinajstić information content (AvgIpc) is 3.06. The van der Waals surface area contributed by atoms with Gasteiger partial charge in [0.05, 0.1) is 29.7 Å². The Labute approximate surface area is 113 Å². The quantitative estimate of drug-likeness (QED) is 0.567. The Kier molecular flexibility index (Phi) is 3.33. The van der Waals surface area contributed by atoms with E-state index >= 15 is 0 Å². The van der Waals surface area contributed by atoms with Gasteiger partial charge < -0.3 is 0 Å². The highest BCUT2D eigenvalue weighted by Crippen LogP contribution is 2.28.